The van der Waals surface area contributed by atoms with Gasteiger partial charge in [-0.2, -0.15) is 5.10 Å². The molecule has 1 amide bonds. The Hall–Kier alpha value is -2.33. The molecule has 0 fully saturated rings. The summed E-state index contributed by atoms with van der Waals surface area (Å²) in [7, 11) is 0. The number of nitrogens with one attached hydrogen (secondary N) is 1. The van der Waals surface area contributed by atoms with Crippen LogP contribution in [0.2, 0.25) is 5.02 Å². The summed E-state index contributed by atoms with van der Waals surface area (Å²) in [4.78, 5) is 11.7. The Bertz CT molecular complexity index is 687. The summed E-state index contributed by atoms with van der Waals surface area (Å²) in [6, 6.07) is 15.2. The molecule has 1 N–H and O–H groups in total. The number of benzene rings is 2. The van der Waals surface area contributed by atoms with Crippen molar-refractivity contribution >= 4 is 23.7 Å². The number of nitrogens with zero attached hydrogens (tertiary/aromatic N) is 1. The average Bonchev–Trinajstić information content (AvgIpc) is 2.54. The Morgan fingerprint density at radius 2 is 2.04 bits per heavy atom. The van der Waals surface area contributed by atoms with Gasteiger partial charge in [0.2, 0.25) is 0 Å². The van der Waals surface area contributed by atoms with E-state index in [-0.39, 0.29) is 18.4 Å². The number of carbonyl (C=O) groups is 1. The number of ether oxygens (including phenoxy) is 1. The molecule has 120 valence electrons. The number of amides is 1. The molecule has 0 radical (unpaired) electrons. The van der Waals surface area contributed by atoms with Gasteiger partial charge in [0.1, 0.15) is 5.75 Å². The molecule has 0 aliphatic heterocycles. The molecule has 0 saturated carbocycles. The van der Waals surface area contributed by atoms with Crippen LogP contribution in [0.5, 0.6) is 5.75 Å². The van der Waals surface area contributed by atoms with Gasteiger partial charge in [0.15, 0.2) is 6.61 Å². The Labute approximate surface area is 141 Å². The van der Waals surface area contributed by atoms with Gasteiger partial charge in [-0.3, -0.25) is 4.79 Å². The molecule has 23 heavy (non-hydrogen) atoms. The fourth-order valence-corrected chi connectivity index (χ4v) is 2.24. The molecular weight excluding hydrogens is 312 g/mol. The standard InChI is InChI=1S/C18H19ClN2O2/c1-13-10-16(19)8-9-17(13)23-12-18(22)21-20-11-14(2)15-6-4-3-5-7-15/h3-11,14H,12H2,1-2H3,(H,21,22)/b20-11-/t14-/m1/s1. The molecule has 2 aromatic rings. The van der Waals surface area contributed by atoms with Crippen molar-refractivity contribution < 1.29 is 9.53 Å². The van der Waals surface area contributed by atoms with Crippen LogP contribution in [-0.2, 0) is 4.79 Å². The lowest BCUT2D eigenvalue weighted by molar-refractivity contribution is -0.123. The van der Waals surface area contributed by atoms with E-state index in [0.29, 0.717) is 10.8 Å². The monoisotopic (exact) mass is 330 g/mol. The molecule has 0 spiro atoms. The number of rotatable bonds is 6. The molecule has 0 aromatic heterocycles. The number of hydrazone groups is 1. The summed E-state index contributed by atoms with van der Waals surface area (Å²) in [5.41, 5.74) is 4.48. The van der Waals surface area contributed by atoms with Gasteiger partial charge in [0.05, 0.1) is 0 Å². The zero-order chi connectivity index (χ0) is 16.7. The Kier molecular flexibility index (Phi) is 6.18. The topological polar surface area (TPSA) is 50.7 Å². The van der Waals surface area contributed by atoms with Crippen LogP contribution >= 0.6 is 11.6 Å². The first-order chi connectivity index (χ1) is 11.1. The SMILES string of the molecule is Cc1cc(Cl)ccc1OCC(=O)N/N=C\[C@@H](C)c1ccccc1. The highest BCUT2D eigenvalue weighted by Gasteiger charge is 2.05. The van der Waals surface area contributed by atoms with Crippen LogP contribution in [0.25, 0.3) is 0 Å². The third kappa shape index (κ3) is 5.42. The molecule has 4 nitrogen and oxygen atoms in total. The maximum Gasteiger partial charge on any atom is 0.277 e. The lowest BCUT2D eigenvalue weighted by atomic mass is 10.0. The maximum atomic E-state index is 11.7. The molecule has 0 bridgehead atoms. The van der Waals surface area contributed by atoms with E-state index in [2.05, 4.69) is 10.5 Å². The van der Waals surface area contributed by atoms with Gasteiger partial charge in [-0.1, -0.05) is 48.9 Å². The van der Waals surface area contributed by atoms with Crippen molar-refractivity contribution in [2.75, 3.05) is 6.61 Å². The molecular formula is C18H19ClN2O2. The molecule has 0 heterocycles. The Morgan fingerprint density at radius 1 is 1.30 bits per heavy atom. The zero-order valence-electron chi connectivity index (χ0n) is 13.1. The molecule has 2 aromatic carbocycles. The summed E-state index contributed by atoms with van der Waals surface area (Å²) in [6.07, 6.45) is 1.70. The van der Waals surface area contributed by atoms with Crippen LogP contribution < -0.4 is 10.2 Å². The first kappa shape index (κ1) is 17.0. The summed E-state index contributed by atoms with van der Waals surface area (Å²) < 4.78 is 5.45. The largest absolute Gasteiger partial charge is 0.483 e. The summed E-state index contributed by atoms with van der Waals surface area (Å²) in [6.45, 7) is 3.79. The van der Waals surface area contributed by atoms with E-state index in [4.69, 9.17) is 16.3 Å². The van der Waals surface area contributed by atoms with Crippen LogP contribution in [0.4, 0.5) is 0 Å². The quantitative estimate of drug-likeness (QED) is 0.644. The second-order valence-corrected chi connectivity index (χ2v) is 5.65. The number of hydrogen-bond acceptors (Lipinski definition) is 3. The maximum absolute atomic E-state index is 11.7. The van der Waals surface area contributed by atoms with E-state index >= 15 is 0 Å². The van der Waals surface area contributed by atoms with Crippen molar-refractivity contribution in [3.63, 3.8) is 0 Å². The smallest absolute Gasteiger partial charge is 0.277 e. The number of carbonyl (C=O) groups excluding carboxylic acids is 1. The molecule has 5 heteroatoms. The minimum atomic E-state index is -0.309. The van der Waals surface area contributed by atoms with Crippen LogP contribution in [-0.4, -0.2) is 18.7 Å². The van der Waals surface area contributed by atoms with Gasteiger partial charge >= 0.3 is 0 Å². The second-order valence-electron chi connectivity index (χ2n) is 5.21. The lowest BCUT2D eigenvalue weighted by Crippen LogP contribution is -2.25. The van der Waals surface area contributed by atoms with Gasteiger partial charge in [-0.15, -0.1) is 0 Å². The highest BCUT2D eigenvalue weighted by Crippen LogP contribution is 2.21. The average molecular weight is 331 g/mol. The van der Waals surface area contributed by atoms with Gasteiger partial charge in [-0.05, 0) is 36.2 Å². The number of halogens is 1. The Balaban J connectivity index is 1.80. The molecule has 2 rings (SSSR count). The molecule has 0 unspecified atom stereocenters. The Morgan fingerprint density at radius 3 is 2.74 bits per heavy atom. The third-order valence-electron chi connectivity index (χ3n) is 3.31. The molecule has 0 aliphatic rings. The first-order valence-electron chi connectivity index (χ1n) is 7.32. The van der Waals surface area contributed by atoms with Gasteiger partial charge in [0, 0.05) is 17.2 Å². The van der Waals surface area contributed by atoms with Crippen LogP contribution in [0.1, 0.15) is 24.0 Å². The minimum Gasteiger partial charge on any atom is -0.483 e. The lowest BCUT2D eigenvalue weighted by Gasteiger charge is -2.08. The fraction of sp³-hybridized carbons (Fsp3) is 0.222. The van der Waals surface area contributed by atoms with Crippen molar-refractivity contribution in [2.24, 2.45) is 5.10 Å². The summed E-state index contributed by atoms with van der Waals surface area (Å²) in [5.74, 6) is 0.443. The van der Waals surface area contributed by atoms with Crippen molar-refractivity contribution in [3.05, 3.63) is 64.7 Å². The number of aryl methyl sites for hydroxylation is 1. The van der Waals surface area contributed by atoms with E-state index in [1.54, 1.807) is 24.4 Å². The van der Waals surface area contributed by atoms with Crippen LogP contribution in [0.15, 0.2) is 53.6 Å². The predicted molar refractivity (Wildman–Crippen MR) is 93.2 cm³/mol. The normalized spacial score (nSPS) is 12.1. The molecule has 0 saturated heterocycles. The van der Waals surface area contributed by atoms with Crippen LogP contribution in [0.3, 0.4) is 0 Å². The van der Waals surface area contributed by atoms with Crippen molar-refractivity contribution in [2.45, 2.75) is 19.8 Å². The fourth-order valence-electron chi connectivity index (χ4n) is 2.01. The van der Waals surface area contributed by atoms with Crippen molar-refractivity contribution in [3.8, 4) is 5.75 Å². The van der Waals surface area contributed by atoms with E-state index < -0.39 is 0 Å². The highest BCUT2D eigenvalue weighted by molar-refractivity contribution is 6.30. The minimum absolute atomic E-state index is 0.0977. The third-order valence-corrected chi connectivity index (χ3v) is 3.54. The van der Waals surface area contributed by atoms with Crippen LogP contribution in [0, 0.1) is 6.92 Å². The second kappa shape index (κ2) is 8.34. The predicted octanol–water partition coefficient (Wildman–Crippen LogP) is 3.93. The van der Waals surface area contributed by atoms with Gasteiger partial charge in [0.25, 0.3) is 5.91 Å². The van der Waals surface area contributed by atoms with E-state index in [0.717, 1.165) is 11.1 Å². The molecule has 1 atom stereocenters. The van der Waals surface area contributed by atoms with E-state index in [1.807, 2.05) is 44.2 Å². The summed E-state index contributed by atoms with van der Waals surface area (Å²) >= 11 is 5.87. The van der Waals surface area contributed by atoms with E-state index in [1.165, 1.54) is 0 Å². The van der Waals surface area contributed by atoms with Crippen molar-refractivity contribution in [1.82, 2.24) is 5.43 Å². The van der Waals surface area contributed by atoms with E-state index in [9.17, 15) is 4.79 Å². The van der Waals surface area contributed by atoms with Gasteiger partial charge < -0.3 is 4.74 Å². The first-order valence-corrected chi connectivity index (χ1v) is 7.70. The van der Waals surface area contributed by atoms with Crippen molar-refractivity contribution in [1.29, 1.82) is 0 Å². The van der Waals surface area contributed by atoms with Gasteiger partial charge in [-0.25, -0.2) is 5.43 Å². The number of hydrogen-bond donors (Lipinski definition) is 1. The highest BCUT2D eigenvalue weighted by atomic mass is 35.5. The molecule has 0 aliphatic carbocycles. The summed E-state index contributed by atoms with van der Waals surface area (Å²) in [5, 5.41) is 4.61. The zero-order valence-corrected chi connectivity index (χ0v) is 13.9.